The van der Waals surface area contributed by atoms with E-state index in [1.54, 1.807) is 13.0 Å². The second-order valence-corrected chi connectivity index (χ2v) is 4.62. The quantitative estimate of drug-likeness (QED) is 0.672. The molecule has 1 saturated heterocycles. The fraction of sp³-hybridized carbons (Fsp3) is 0.667. The maximum atomic E-state index is 11.7. The Labute approximate surface area is 99.8 Å². The van der Waals surface area contributed by atoms with Crippen molar-refractivity contribution >= 4 is 11.8 Å². The molecule has 2 aliphatic heterocycles. The SMILES string of the molecule is CCC1OC(C2C=C(C)C(=O)NC2=O)CC1O. The number of carbonyl (C=O) groups is 2. The maximum absolute atomic E-state index is 11.7. The Morgan fingerprint density at radius 2 is 2.24 bits per heavy atom. The van der Waals surface area contributed by atoms with Gasteiger partial charge < -0.3 is 9.84 Å². The van der Waals surface area contributed by atoms with E-state index in [2.05, 4.69) is 5.32 Å². The topological polar surface area (TPSA) is 75.6 Å². The molecule has 0 saturated carbocycles. The van der Waals surface area contributed by atoms with E-state index < -0.39 is 12.0 Å². The first-order valence-corrected chi connectivity index (χ1v) is 5.90. The molecule has 5 heteroatoms. The molecule has 0 aromatic heterocycles. The largest absolute Gasteiger partial charge is 0.390 e. The van der Waals surface area contributed by atoms with E-state index in [1.165, 1.54) is 0 Å². The number of rotatable bonds is 2. The highest BCUT2D eigenvalue weighted by Gasteiger charge is 2.41. The second kappa shape index (κ2) is 4.58. The number of amides is 2. The number of imide groups is 1. The molecule has 5 nitrogen and oxygen atoms in total. The molecular weight excluding hydrogens is 222 g/mol. The molecule has 0 aromatic carbocycles. The first-order chi connectivity index (χ1) is 8.02. The number of carbonyl (C=O) groups excluding carboxylic acids is 2. The lowest BCUT2D eigenvalue weighted by Crippen LogP contribution is -2.44. The van der Waals surface area contributed by atoms with Crippen LogP contribution in [0.3, 0.4) is 0 Å². The number of nitrogens with one attached hydrogen (secondary N) is 1. The summed E-state index contributed by atoms with van der Waals surface area (Å²) in [6.45, 7) is 3.60. The zero-order valence-electron chi connectivity index (χ0n) is 9.97. The zero-order valence-corrected chi connectivity index (χ0v) is 9.97. The van der Waals surface area contributed by atoms with Crippen LogP contribution in [0, 0.1) is 5.92 Å². The lowest BCUT2D eigenvalue weighted by atomic mass is 9.92. The van der Waals surface area contributed by atoms with Gasteiger partial charge in [-0.3, -0.25) is 14.9 Å². The standard InChI is InChI=1S/C12H17NO4/c1-3-9-8(14)5-10(17-9)7-4-6(2)11(15)13-12(7)16/h4,7-10,14H,3,5H2,1-2H3,(H,13,15,16). The normalized spacial score (nSPS) is 37.9. The highest BCUT2D eigenvalue weighted by atomic mass is 16.5. The summed E-state index contributed by atoms with van der Waals surface area (Å²) in [6.07, 6.45) is 1.72. The van der Waals surface area contributed by atoms with E-state index in [0.717, 1.165) is 0 Å². The fourth-order valence-corrected chi connectivity index (χ4v) is 2.35. The van der Waals surface area contributed by atoms with Crippen molar-refractivity contribution in [3.05, 3.63) is 11.6 Å². The first kappa shape index (κ1) is 12.3. The highest BCUT2D eigenvalue weighted by molar-refractivity contribution is 6.08. The predicted molar refractivity (Wildman–Crippen MR) is 60.0 cm³/mol. The minimum atomic E-state index is -0.524. The summed E-state index contributed by atoms with van der Waals surface area (Å²) in [5.74, 6) is -1.16. The van der Waals surface area contributed by atoms with Gasteiger partial charge in [0.1, 0.15) is 0 Å². The van der Waals surface area contributed by atoms with Crippen molar-refractivity contribution in [3.63, 3.8) is 0 Å². The third-order valence-corrected chi connectivity index (χ3v) is 3.38. The predicted octanol–water partition coefficient (Wildman–Crippen LogP) is 0.134. The van der Waals surface area contributed by atoms with E-state index >= 15 is 0 Å². The van der Waals surface area contributed by atoms with Crippen molar-refractivity contribution in [3.8, 4) is 0 Å². The molecule has 2 aliphatic rings. The maximum Gasteiger partial charge on any atom is 0.253 e. The van der Waals surface area contributed by atoms with Gasteiger partial charge in [0.2, 0.25) is 5.91 Å². The molecule has 0 aliphatic carbocycles. The number of aliphatic hydroxyl groups is 1. The summed E-state index contributed by atoms with van der Waals surface area (Å²) in [5.41, 5.74) is 0.521. The van der Waals surface area contributed by atoms with Gasteiger partial charge in [0.15, 0.2) is 0 Å². The molecule has 2 amide bonds. The molecule has 2 rings (SSSR count). The highest BCUT2D eigenvalue weighted by Crippen LogP contribution is 2.30. The smallest absolute Gasteiger partial charge is 0.253 e. The van der Waals surface area contributed by atoms with Crippen molar-refractivity contribution in [1.29, 1.82) is 0 Å². The van der Waals surface area contributed by atoms with Crippen LogP contribution in [0.15, 0.2) is 11.6 Å². The monoisotopic (exact) mass is 239 g/mol. The Hall–Kier alpha value is -1.20. The molecule has 17 heavy (non-hydrogen) atoms. The van der Waals surface area contributed by atoms with Gasteiger partial charge >= 0.3 is 0 Å². The molecule has 4 atom stereocenters. The molecule has 2 N–H and O–H groups in total. The average molecular weight is 239 g/mol. The van der Waals surface area contributed by atoms with Crippen molar-refractivity contribution in [2.24, 2.45) is 5.92 Å². The zero-order chi connectivity index (χ0) is 12.6. The lowest BCUT2D eigenvalue weighted by Gasteiger charge is -2.23. The van der Waals surface area contributed by atoms with Crippen LogP contribution in [-0.2, 0) is 14.3 Å². The van der Waals surface area contributed by atoms with Crippen LogP contribution in [-0.4, -0.2) is 35.2 Å². The van der Waals surface area contributed by atoms with E-state index in [9.17, 15) is 14.7 Å². The van der Waals surface area contributed by atoms with E-state index in [-0.39, 0.29) is 24.0 Å². The molecule has 4 unspecified atom stereocenters. The molecule has 0 spiro atoms. The number of aliphatic hydroxyl groups excluding tert-OH is 1. The van der Waals surface area contributed by atoms with Crippen LogP contribution in [0.4, 0.5) is 0 Å². The van der Waals surface area contributed by atoms with Crippen molar-refractivity contribution in [2.45, 2.75) is 45.0 Å². The summed E-state index contributed by atoms with van der Waals surface area (Å²) >= 11 is 0. The van der Waals surface area contributed by atoms with Crippen LogP contribution in [0.25, 0.3) is 0 Å². The second-order valence-electron chi connectivity index (χ2n) is 4.62. The molecule has 94 valence electrons. The fourth-order valence-electron chi connectivity index (χ4n) is 2.35. The molecule has 0 aromatic rings. The Balaban J connectivity index is 2.13. The van der Waals surface area contributed by atoms with Gasteiger partial charge in [0.25, 0.3) is 5.91 Å². The Morgan fingerprint density at radius 3 is 2.82 bits per heavy atom. The lowest BCUT2D eigenvalue weighted by molar-refractivity contribution is -0.134. The van der Waals surface area contributed by atoms with Gasteiger partial charge in [-0.15, -0.1) is 0 Å². The van der Waals surface area contributed by atoms with Gasteiger partial charge in [-0.2, -0.15) is 0 Å². The minimum absolute atomic E-state index is 0.209. The molecule has 0 bridgehead atoms. The van der Waals surface area contributed by atoms with Gasteiger partial charge in [-0.25, -0.2) is 0 Å². The van der Waals surface area contributed by atoms with Gasteiger partial charge in [0.05, 0.1) is 24.2 Å². The number of hydrogen-bond acceptors (Lipinski definition) is 4. The van der Waals surface area contributed by atoms with E-state index in [4.69, 9.17) is 4.74 Å². The van der Waals surface area contributed by atoms with Crippen LogP contribution >= 0.6 is 0 Å². The summed E-state index contributed by atoms with van der Waals surface area (Å²) < 4.78 is 5.65. The van der Waals surface area contributed by atoms with Gasteiger partial charge in [0, 0.05) is 12.0 Å². The first-order valence-electron chi connectivity index (χ1n) is 5.90. The third kappa shape index (κ3) is 2.25. The van der Waals surface area contributed by atoms with Crippen molar-refractivity contribution in [1.82, 2.24) is 5.32 Å². The molecular formula is C12H17NO4. The van der Waals surface area contributed by atoms with Crippen LogP contribution in [0.1, 0.15) is 26.7 Å². The van der Waals surface area contributed by atoms with Crippen molar-refractivity contribution in [2.75, 3.05) is 0 Å². The summed E-state index contributed by atoms with van der Waals surface area (Å²) in [5, 5.41) is 12.0. The average Bonchev–Trinajstić information content (AvgIpc) is 2.65. The van der Waals surface area contributed by atoms with Crippen molar-refractivity contribution < 1.29 is 19.4 Å². The Morgan fingerprint density at radius 1 is 1.53 bits per heavy atom. The molecule has 1 fully saturated rings. The van der Waals surface area contributed by atoms with Gasteiger partial charge in [-0.05, 0) is 13.3 Å². The third-order valence-electron chi connectivity index (χ3n) is 3.38. The van der Waals surface area contributed by atoms with E-state index in [1.807, 2.05) is 6.92 Å². The summed E-state index contributed by atoms with van der Waals surface area (Å²) in [6, 6.07) is 0. The van der Waals surface area contributed by atoms with E-state index in [0.29, 0.717) is 18.4 Å². The Bertz CT molecular complexity index is 377. The van der Waals surface area contributed by atoms with Crippen LogP contribution in [0.5, 0.6) is 0 Å². The van der Waals surface area contributed by atoms with Crippen LogP contribution < -0.4 is 5.32 Å². The Kier molecular flexibility index (Phi) is 3.31. The molecule has 0 radical (unpaired) electrons. The van der Waals surface area contributed by atoms with Crippen LogP contribution in [0.2, 0.25) is 0 Å². The minimum Gasteiger partial charge on any atom is -0.390 e. The summed E-state index contributed by atoms with van der Waals surface area (Å²) in [4.78, 5) is 23.0. The number of ether oxygens (including phenoxy) is 1. The molecule has 2 heterocycles. The van der Waals surface area contributed by atoms with Gasteiger partial charge in [-0.1, -0.05) is 13.0 Å². The summed E-state index contributed by atoms with van der Waals surface area (Å²) in [7, 11) is 0. The number of hydrogen-bond donors (Lipinski definition) is 2.